The van der Waals surface area contributed by atoms with Gasteiger partial charge in [-0.05, 0) is 30.9 Å². The highest BCUT2D eigenvalue weighted by atomic mass is 16.5. The minimum absolute atomic E-state index is 1.07. The summed E-state index contributed by atoms with van der Waals surface area (Å²) >= 11 is 0. The molecule has 1 aromatic rings. The molecule has 68 valence electrons. The van der Waals surface area contributed by atoms with Crippen molar-refractivity contribution in [3.8, 4) is 0 Å². The molecule has 0 N–H and O–H groups in total. The average Bonchev–Trinajstić information content (AvgIpc) is 2.18. The topological polar surface area (TPSA) is 9.23 Å². The van der Waals surface area contributed by atoms with Crippen molar-refractivity contribution >= 4 is 5.76 Å². The zero-order valence-electron chi connectivity index (χ0n) is 8.13. The first kappa shape index (κ1) is 8.36. The molecule has 1 aromatic carbocycles. The molecule has 1 nitrogen and oxygen atoms in total. The normalized spacial score (nSPS) is 15.5. The number of methoxy groups -OCH3 is 1. The van der Waals surface area contributed by atoms with E-state index in [9.17, 15) is 0 Å². The highest BCUT2D eigenvalue weighted by Crippen LogP contribution is 2.30. The molecule has 1 heteroatoms. The monoisotopic (exact) mass is 174 g/mol. The van der Waals surface area contributed by atoms with Gasteiger partial charge in [0.25, 0.3) is 0 Å². The Morgan fingerprint density at radius 3 is 2.69 bits per heavy atom. The molecule has 0 saturated carbocycles. The van der Waals surface area contributed by atoms with Crippen LogP contribution in [0.15, 0.2) is 29.8 Å². The summed E-state index contributed by atoms with van der Waals surface area (Å²) < 4.78 is 5.41. The summed E-state index contributed by atoms with van der Waals surface area (Å²) in [5.41, 5.74) is 4.04. The van der Waals surface area contributed by atoms with E-state index in [1.165, 1.54) is 16.7 Å². The first-order chi connectivity index (χ1) is 6.33. The van der Waals surface area contributed by atoms with E-state index in [2.05, 4.69) is 31.2 Å². The number of fused-ring (bicyclic) bond motifs is 1. The minimum atomic E-state index is 1.07. The van der Waals surface area contributed by atoms with Crippen LogP contribution >= 0.6 is 0 Å². The van der Waals surface area contributed by atoms with E-state index in [1.807, 2.05) is 0 Å². The van der Waals surface area contributed by atoms with Crippen LogP contribution < -0.4 is 0 Å². The van der Waals surface area contributed by atoms with Crippen LogP contribution in [0.25, 0.3) is 5.76 Å². The molecule has 0 radical (unpaired) electrons. The number of hydrogen-bond donors (Lipinski definition) is 0. The van der Waals surface area contributed by atoms with Crippen LogP contribution in [0, 0.1) is 0 Å². The fraction of sp³-hybridized carbons (Fsp3) is 0.333. The lowest BCUT2D eigenvalue weighted by atomic mass is 9.91. The van der Waals surface area contributed by atoms with Crippen LogP contribution in [0.5, 0.6) is 0 Å². The summed E-state index contributed by atoms with van der Waals surface area (Å²) in [4.78, 5) is 0. The maximum absolute atomic E-state index is 5.41. The average molecular weight is 174 g/mol. The molecule has 1 aliphatic carbocycles. The lowest BCUT2D eigenvalue weighted by molar-refractivity contribution is 0.363. The Balaban J connectivity index is 2.55. The fourth-order valence-electron chi connectivity index (χ4n) is 1.91. The van der Waals surface area contributed by atoms with Crippen molar-refractivity contribution in [2.24, 2.45) is 0 Å². The predicted molar refractivity (Wildman–Crippen MR) is 54.4 cm³/mol. The van der Waals surface area contributed by atoms with Gasteiger partial charge in [-0.1, -0.05) is 24.3 Å². The maximum atomic E-state index is 5.41. The molecule has 0 heterocycles. The van der Waals surface area contributed by atoms with E-state index in [0.29, 0.717) is 0 Å². The molecule has 0 unspecified atom stereocenters. The molecule has 0 bridgehead atoms. The van der Waals surface area contributed by atoms with Crippen LogP contribution in [0.4, 0.5) is 0 Å². The summed E-state index contributed by atoms with van der Waals surface area (Å²) in [5, 5.41) is 0. The Morgan fingerprint density at radius 1 is 1.15 bits per heavy atom. The quantitative estimate of drug-likeness (QED) is 0.636. The zero-order valence-corrected chi connectivity index (χ0v) is 8.13. The smallest absolute Gasteiger partial charge is 0.125 e. The summed E-state index contributed by atoms with van der Waals surface area (Å²) in [5.74, 6) is 1.07. The highest BCUT2D eigenvalue weighted by Gasteiger charge is 2.15. The molecule has 0 amide bonds. The molecule has 0 aliphatic heterocycles. The Hall–Kier alpha value is -1.24. The van der Waals surface area contributed by atoms with Gasteiger partial charge in [0.05, 0.1) is 7.11 Å². The van der Waals surface area contributed by atoms with Crippen LogP contribution in [-0.2, 0) is 11.2 Å². The summed E-state index contributed by atoms with van der Waals surface area (Å²) in [6.45, 7) is 2.15. The maximum Gasteiger partial charge on any atom is 0.125 e. The van der Waals surface area contributed by atoms with Crippen molar-refractivity contribution in [1.29, 1.82) is 0 Å². The van der Waals surface area contributed by atoms with E-state index in [-0.39, 0.29) is 0 Å². The Morgan fingerprint density at radius 2 is 1.92 bits per heavy atom. The first-order valence-electron chi connectivity index (χ1n) is 4.65. The number of benzene rings is 1. The molecule has 0 aromatic heterocycles. The third kappa shape index (κ3) is 1.35. The Labute approximate surface area is 79.0 Å². The van der Waals surface area contributed by atoms with Crippen molar-refractivity contribution < 1.29 is 4.74 Å². The largest absolute Gasteiger partial charge is 0.496 e. The van der Waals surface area contributed by atoms with Crippen molar-refractivity contribution in [2.45, 2.75) is 19.8 Å². The fourth-order valence-corrected chi connectivity index (χ4v) is 1.91. The third-order valence-electron chi connectivity index (χ3n) is 2.62. The highest BCUT2D eigenvalue weighted by molar-refractivity contribution is 5.67. The lowest BCUT2D eigenvalue weighted by Gasteiger charge is -2.19. The zero-order chi connectivity index (χ0) is 9.26. The predicted octanol–water partition coefficient (Wildman–Crippen LogP) is 3.01. The summed E-state index contributed by atoms with van der Waals surface area (Å²) in [7, 11) is 1.75. The van der Waals surface area contributed by atoms with Crippen molar-refractivity contribution in [1.82, 2.24) is 0 Å². The Kier molecular flexibility index (Phi) is 2.09. The standard InChI is InChI=1S/C12H14O/c1-9-7-8-10-5-3-4-6-11(10)12(9)13-2/h3-6H,7-8H2,1-2H3. The van der Waals surface area contributed by atoms with Gasteiger partial charge < -0.3 is 4.74 Å². The molecule has 0 spiro atoms. The van der Waals surface area contributed by atoms with Gasteiger partial charge in [-0.15, -0.1) is 0 Å². The minimum Gasteiger partial charge on any atom is -0.496 e. The Bertz CT molecular complexity index is 350. The molecule has 1 aliphatic rings. The first-order valence-corrected chi connectivity index (χ1v) is 4.65. The van der Waals surface area contributed by atoms with Crippen LogP contribution in [0.1, 0.15) is 24.5 Å². The van der Waals surface area contributed by atoms with Gasteiger partial charge in [0.15, 0.2) is 0 Å². The van der Waals surface area contributed by atoms with Crippen LogP contribution in [-0.4, -0.2) is 7.11 Å². The van der Waals surface area contributed by atoms with Gasteiger partial charge in [0.1, 0.15) is 5.76 Å². The summed E-state index contributed by atoms with van der Waals surface area (Å²) in [6, 6.07) is 8.47. The van der Waals surface area contributed by atoms with Crippen molar-refractivity contribution in [2.75, 3.05) is 7.11 Å². The second-order valence-electron chi connectivity index (χ2n) is 3.47. The van der Waals surface area contributed by atoms with E-state index in [4.69, 9.17) is 4.74 Å². The van der Waals surface area contributed by atoms with E-state index >= 15 is 0 Å². The second-order valence-corrected chi connectivity index (χ2v) is 3.47. The third-order valence-corrected chi connectivity index (χ3v) is 2.62. The molecule has 0 saturated heterocycles. The molecule has 2 rings (SSSR count). The van der Waals surface area contributed by atoms with Gasteiger partial charge in [-0.3, -0.25) is 0 Å². The van der Waals surface area contributed by atoms with Crippen LogP contribution in [0.3, 0.4) is 0 Å². The molecular weight excluding hydrogens is 160 g/mol. The van der Waals surface area contributed by atoms with Gasteiger partial charge in [0.2, 0.25) is 0 Å². The van der Waals surface area contributed by atoms with E-state index < -0.39 is 0 Å². The molecule has 13 heavy (non-hydrogen) atoms. The van der Waals surface area contributed by atoms with Gasteiger partial charge in [-0.2, -0.15) is 0 Å². The van der Waals surface area contributed by atoms with Crippen LogP contribution in [0.2, 0.25) is 0 Å². The number of hydrogen-bond acceptors (Lipinski definition) is 1. The van der Waals surface area contributed by atoms with E-state index in [1.54, 1.807) is 7.11 Å². The number of rotatable bonds is 1. The summed E-state index contributed by atoms with van der Waals surface area (Å²) in [6.07, 6.45) is 2.27. The lowest BCUT2D eigenvalue weighted by Crippen LogP contribution is -2.04. The van der Waals surface area contributed by atoms with Gasteiger partial charge in [0, 0.05) is 5.56 Å². The molecule has 0 fully saturated rings. The SMILES string of the molecule is COC1=C(C)CCc2ccccc21. The number of allylic oxidation sites excluding steroid dienone is 1. The van der Waals surface area contributed by atoms with Gasteiger partial charge in [-0.25, -0.2) is 0 Å². The van der Waals surface area contributed by atoms with E-state index in [0.717, 1.165) is 18.6 Å². The van der Waals surface area contributed by atoms with Crippen molar-refractivity contribution in [3.05, 3.63) is 41.0 Å². The number of aryl methyl sites for hydroxylation is 1. The second kappa shape index (κ2) is 3.25. The van der Waals surface area contributed by atoms with Gasteiger partial charge >= 0.3 is 0 Å². The number of ether oxygens (including phenoxy) is 1. The molecule has 0 atom stereocenters. The molecular formula is C12H14O. The van der Waals surface area contributed by atoms with Crippen molar-refractivity contribution in [3.63, 3.8) is 0 Å².